The molecule has 13 heteroatoms. The Kier molecular flexibility index (Phi) is 8.33. The predicted molar refractivity (Wildman–Crippen MR) is 147 cm³/mol. The molecule has 2 aromatic heterocycles. The summed E-state index contributed by atoms with van der Waals surface area (Å²) in [5, 5.41) is 4.64. The third-order valence-corrected chi connectivity index (χ3v) is 9.26. The summed E-state index contributed by atoms with van der Waals surface area (Å²) in [7, 11) is -3.76. The Hall–Kier alpha value is -2.84. The number of H-pyrrole nitrogens is 1. The Labute approximate surface area is 228 Å². The first-order valence-corrected chi connectivity index (χ1v) is 15.0. The van der Waals surface area contributed by atoms with Crippen molar-refractivity contribution >= 4 is 15.5 Å². The maximum absolute atomic E-state index is 13.7. The number of aromatic nitrogens is 4. The largest absolute Gasteiger partial charge is 0.493 e. The van der Waals surface area contributed by atoms with Gasteiger partial charge in [0.1, 0.15) is 11.6 Å². The van der Waals surface area contributed by atoms with Crippen LogP contribution in [0.15, 0.2) is 27.9 Å². The molecule has 1 N–H and O–H groups in total. The third-order valence-electron chi connectivity index (χ3n) is 7.37. The van der Waals surface area contributed by atoms with Crippen molar-refractivity contribution in [1.29, 1.82) is 0 Å². The van der Waals surface area contributed by atoms with Crippen molar-refractivity contribution in [2.45, 2.75) is 32.1 Å². The zero-order chi connectivity index (χ0) is 27.6. The normalized spacial score (nSPS) is 18.1. The molecular formula is C26H37N7O5S. The molecule has 1 aromatic carbocycles. The minimum Gasteiger partial charge on any atom is -0.493 e. The van der Waals surface area contributed by atoms with Crippen molar-refractivity contribution in [2.75, 3.05) is 72.2 Å². The van der Waals surface area contributed by atoms with E-state index in [0.717, 1.165) is 39.4 Å². The van der Waals surface area contributed by atoms with E-state index in [2.05, 4.69) is 24.9 Å². The fraction of sp³-hybridized carbons (Fsp3) is 0.577. The number of piperazine rings is 1. The smallest absolute Gasteiger partial charge is 0.277 e. The summed E-state index contributed by atoms with van der Waals surface area (Å²) in [5.74, 6) is 1.33. The summed E-state index contributed by atoms with van der Waals surface area (Å²) in [6, 6.07) is 4.74. The van der Waals surface area contributed by atoms with Crippen LogP contribution in [0.4, 0.5) is 0 Å². The van der Waals surface area contributed by atoms with Gasteiger partial charge in [0, 0.05) is 58.8 Å². The van der Waals surface area contributed by atoms with Gasteiger partial charge in [-0.3, -0.25) is 14.6 Å². The van der Waals surface area contributed by atoms with Crippen molar-refractivity contribution in [3.05, 3.63) is 40.1 Å². The lowest BCUT2D eigenvalue weighted by molar-refractivity contribution is 0.0317. The van der Waals surface area contributed by atoms with E-state index in [1.807, 2.05) is 13.8 Å². The number of hydrogen-bond donors (Lipinski definition) is 1. The number of imidazole rings is 1. The number of aryl methyl sites for hydroxylation is 2. The lowest BCUT2D eigenvalue weighted by Crippen LogP contribution is -2.50. The quantitative estimate of drug-likeness (QED) is 0.409. The second-order valence-corrected chi connectivity index (χ2v) is 11.8. The molecule has 0 amide bonds. The summed E-state index contributed by atoms with van der Waals surface area (Å²) < 4.78 is 41.6. The summed E-state index contributed by atoms with van der Waals surface area (Å²) in [4.78, 5) is 25.1. The molecule has 4 heterocycles. The van der Waals surface area contributed by atoms with E-state index < -0.39 is 10.0 Å². The van der Waals surface area contributed by atoms with Gasteiger partial charge in [-0.2, -0.15) is 4.31 Å². The topological polar surface area (TPSA) is 125 Å². The van der Waals surface area contributed by atoms with E-state index in [1.54, 1.807) is 25.1 Å². The molecular weight excluding hydrogens is 522 g/mol. The molecule has 0 unspecified atom stereocenters. The van der Waals surface area contributed by atoms with Gasteiger partial charge >= 0.3 is 0 Å². The number of aromatic amines is 1. The van der Waals surface area contributed by atoms with Crippen molar-refractivity contribution < 1.29 is 17.9 Å². The Morgan fingerprint density at radius 1 is 1.03 bits per heavy atom. The number of fused-ring (bicyclic) bond motifs is 1. The van der Waals surface area contributed by atoms with Gasteiger partial charge in [0.15, 0.2) is 11.3 Å². The minimum absolute atomic E-state index is 0.142. The molecule has 5 rings (SSSR count). The van der Waals surface area contributed by atoms with Crippen LogP contribution < -0.4 is 10.3 Å². The van der Waals surface area contributed by atoms with Crippen LogP contribution in [0.25, 0.3) is 16.9 Å². The standard InChI is InChI=1S/C26H37N7O5S/c1-4-23-27-19(3)24-26(34)28-25(29-33(23)24)21-18-20(6-7-22(21)38-5-2)39(35,36)32-12-10-30(11-13-32)8-9-31-14-16-37-17-15-31/h6-7,18H,4-5,8-17H2,1-3H3,(H,28,29,34). The zero-order valence-corrected chi connectivity index (χ0v) is 23.7. The van der Waals surface area contributed by atoms with Gasteiger partial charge in [-0.25, -0.2) is 17.9 Å². The number of rotatable bonds is 9. The average molecular weight is 560 g/mol. The maximum atomic E-state index is 13.7. The number of morpholine rings is 1. The first kappa shape index (κ1) is 27.7. The molecule has 0 atom stereocenters. The number of ether oxygens (including phenoxy) is 2. The molecule has 0 aliphatic carbocycles. The van der Waals surface area contributed by atoms with Crippen molar-refractivity contribution in [3.63, 3.8) is 0 Å². The second kappa shape index (κ2) is 11.7. The average Bonchev–Trinajstić information content (AvgIpc) is 3.28. The highest BCUT2D eigenvalue weighted by Crippen LogP contribution is 2.31. The molecule has 2 fully saturated rings. The summed E-state index contributed by atoms with van der Waals surface area (Å²) in [6.45, 7) is 13.4. The molecule has 3 aromatic rings. The summed E-state index contributed by atoms with van der Waals surface area (Å²) in [5.41, 5.74) is 1.05. The van der Waals surface area contributed by atoms with Gasteiger partial charge in [0.25, 0.3) is 5.56 Å². The Balaban J connectivity index is 1.38. The highest BCUT2D eigenvalue weighted by molar-refractivity contribution is 7.89. The SMILES string of the molecule is CCOc1ccc(S(=O)(=O)N2CCN(CCN3CCOCC3)CC2)cc1-c1nn2c(CC)nc(C)c2c(=O)[nH]1. The number of benzene rings is 1. The Bertz CT molecular complexity index is 1470. The molecule has 39 heavy (non-hydrogen) atoms. The molecule has 2 aliphatic heterocycles. The molecule has 0 bridgehead atoms. The molecule has 212 valence electrons. The van der Waals surface area contributed by atoms with E-state index in [-0.39, 0.29) is 16.3 Å². The van der Waals surface area contributed by atoms with Crippen molar-refractivity contribution in [1.82, 2.24) is 33.7 Å². The van der Waals surface area contributed by atoms with Crippen LogP contribution in [0.1, 0.15) is 25.4 Å². The Morgan fingerprint density at radius 3 is 2.38 bits per heavy atom. The van der Waals surface area contributed by atoms with E-state index in [4.69, 9.17) is 9.47 Å². The highest BCUT2D eigenvalue weighted by atomic mass is 32.2. The van der Waals surface area contributed by atoms with Crippen LogP contribution in [0.2, 0.25) is 0 Å². The van der Waals surface area contributed by atoms with Crippen LogP contribution in [-0.2, 0) is 21.2 Å². The molecule has 0 radical (unpaired) electrons. The molecule has 0 saturated carbocycles. The zero-order valence-electron chi connectivity index (χ0n) is 22.9. The molecule has 0 spiro atoms. The van der Waals surface area contributed by atoms with E-state index in [1.165, 1.54) is 8.82 Å². The van der Waals surface area contributed by atoms with Crippen LogP contribution in [0.3, 0.4) is 0 Å². The van der Waals surface area contributed by atoms with Crippen molar-refractivity contribution in [3.8, 4) is 17.1 Å². The first-order chi connectivity index (χ1) is 18.8. The third kappa shape index (κ3) is 5.73. The fourth-order valence-electron chi connectivity index (χ4n) is 5.17. The molecule has 12 nitrogen and oxygen atoms in total. The van der Waals surface area contributed by atoms with Gasteiger partial charge in [0.05, 0.1) is 36.0 Å². The van der Waals surface area contributed by atoms with Gasteiger partial charge in [-0.05, 0) is 32.0 Å². The maximum Gasteiger partial charge on any atom is 0.277 e. The fourth-order valence-corrected chi connectivity index (χ4v) is 6.62. The number of nitrogens with zero attached hydrogens (tertiary/aromatic N) is 6. The monoisotopic (exact) mass is 559 g/mol. The van der Waals surface area contributed by atoms with Crippen LogP contribution >= 0.6 is 0 Å². The van der Waals surface area contributed by atoms with Gasteiger partial charge in [-0.15, -0.1) is 5.10 Å². The highest BCUT2D eigenvalue weighted by Gasteiger charge is 2.30. The predicted octanol–water partition coefficient (Wildman–Crippen LogP) is 0.993. The van der Waals surface area contributed by atoms with Gasteiger partial charge in [-0.1, -0.05) is 6.92 Å². The van der Waals surface area contributed by atoms with Gasteiger partial charge < -0.3 is 14.5 Å². The molecule has 2 aliphatic rings. The number of sulfonamides is 1. The summed E-state index contributed by atoms with van der Waals surface area (Å²) >= 11 is 0. The van der Waals surface area contributed by atoms with Crippen molar-refractivity contribution in [2.24, 2.45) is 0 Å². The minimum atomic E-state index is -3.76. The number of hydrogen-bond acceptors (Lipinski definition) is 9. The molecule has 2 saturated heterocycles. The van der Waals surface area contributed by atoms with E-state index >= 15 is 0 Å². The Morgan fingerprint density at radius 2 is 1.72 bits per heavy atom. The first-order valence-electron chi connectivity index (χ1n) is 13.6. The van der Waals surface area contributed by atoms with E-state index in [9.17, 15) is 13.2 Å². The lowest BCUT2D eigenvalue weighted by Gasteiger charge is -2.35. The van der Waals surface area contributed by atoms with Crippen LogP contribution in [-0.4, -0.2) is 114 Å². The van der Waals surface area contributed by atoms with Gasteiger partial charge in [0.2, 0.25) is 10.0 Å². The second-order valence-electron chi connectivity index (χ2n) is 9.82. The van der Waals surface area contributed by atoms with Crippen LogP contribution in [0.5, 0.6) is 5.75 Å². The van der Waals surface area contributed by atoms with Crippen LogP contribution in [0, 0.1) is 6.92 Å². The number of nitrogens with one attached hydrogen (secondary N) is 1. The van der Waals surface area contributed by atoms with E-state index in [0.29, 0.717) is 67.6 Å². The summed E-state index contributed by atoms with van der Waals surface area (Å²) in [6.07, 6.45) is 0.593. The lowest BCUT2D eigenvalue weighted by atomic mass is 10.2.